The Kier molecular flexibility index (Phi) is 2.57. The molecule has 0 heterocycles. The molecule has 2 bridgehead atoms. The van der Waals surface area contributed by atoms with E-state index in [-0.39, 0.29) is 12.4 Å². The topological polar surface area (TPSA) is 0 Å². The van der Waals surface area contributed by atoms with Gasteiger partial charge in [0, 0.05) is 0 Å². The van der Waals surface area contributed by atoms with Gasteiger partial charge in [0.05, 0.1) is 0 Å². The average Bonchev–Trinajstić information content (AvgIpc) is 2.23. The molecule has 0 radical (unpaired) electrons. The summed E-state index contributed by atoms with van der Waals surface area (Å²) < 4.78 is 1.20. The first-order valence-corrected chi connectivity index (χ1v) is 5.40. The van der Waals surface area contributed by atoms with E-state index >= 15 is 0 Å². The number of hydrogen-bond donors (Lipinski definition) is 0. The Labute approximate surface area is 72.9 Å². The minimum absolute atomic E-state index is 0. The molecule has 0 nitrogen and oxygen atoms in total. The Morgan fingerprint density at radius 3 is 2.11 bits per heavy atom. The molecule has 0 aromatic heterocycles. The monoisotopic (exact) mass is 194 g/mol. The SMILES string of the molecule is [Cl-].[Zn+][CH]1CC2CCC1C2. The van der Waals surface area contributed by atoms with E-state index in [9.17, 15) is 0 Å². The molecule has 0 aliphatic heterocycles. The third-order valence-corrected chi connectivity index (χ3v) is 4.98. The molecule has 2 heteroatoms. The molecule has 3 unspecified atom stereocenters. The zero-order valence-electron chi connectivity index (χ0n) is 5.65. The van der Waals surface area contributed by atoms with Crippen LogP contribution < -0.4 is 12.4 Å². The first kappa shape index (κ1) is 8.01. The van der Waals surface area contributed by atoms with Crippen molar-refractivity contribution in [3.05, 3.63) is 0 Å². The van der Waals surface area contributed by atoms with Crippen LogP contribution in [0.5, 0.6) is 0 Å². The van der Waals surface area contributed by atoms with E-state index in [2.05, 4.69) is 0 Å². The Morgan fingerprint density at radius 1 is 1.11 bits per heavy atom. The summed E-state index contributed by atoms with van der Waals surface area (Å²) in [6.45, 7) is 0. The van der Waals surface area contributed by atoms with Crippen LogP contribution in [0.3, 0.4) is 0 Å². The second-order valence-electron chi connectivity index (χ2n) is 3.43. The maximum atomic E-state index is 1.60. The molecule has 0 N–H and O–H groups in total. The quantitative estimate of drug-likeness (QED) is 0.442. The van der Waals surface area contributed by atoms with Crippen molar-refractivity contribution in [1.29, 1.82) is 0 Å². The van der Waals surface area contributed by atoms with Gasteiger partial charge in [-0.2, -0.15) is 0 Å². The van der Waals surface area contributed by atoms with Crippen molar-refractivity contribution < 1.29 is 30.7 Å². The van der Waals surface area contributed by atoms with Crippen molar-refractivity contribution >= 4 is 0 Å². The van der Waals surface area contributed by atoms with Crippen LogP contribution in [0.25, 0.3) is 0 Å². The van der Waals surface area contributed by atoms with Gasteiger partial charge < -0.3 is 12.4 Å². The van der Waals surface area contributed by atoms with E-state index in [1.807, 2.05) is 0 Å². The first-order chi connectivity index (χ1) is 3.86. The fourth-order valence-electron chi connectivity index (χ4n) is 2.38. The van der Waals surface area contributed by atoms with Crippen LogP contribution in [0.4, 0.5) is 0 Å². The summed E-state index contributed by atoms with van der Waals surface area (Å²) in [5, 5.41) is 0. The molecule has 2 aliphatic carbocycles. The van der Waals surface area contributed by atoms with Crippen molar-refractivity contribution in [2.45, 2.75) is 30.2 Å². The summed E-state index contributed by atoms with van der Waals surface area (Å²) in [6.07, 6.45) is 6.35. The molecule has 0 amide bonds. The van der Waals surface area contributed by atoms with Gasteiger partial charge in [-0.3, -0.25) is 0 Å². The Balaban J connectivity index is 0.000000405. The van der Waals surface area contributed by atoms with Crippen LogP contribution in [0.2, 0.25) is 4.51 Å². The van der Waals surface area contributed by atoms with Crippen molar-refractivity contribution in [1.82, 2.24) is 0 Å². The zero-order chi connectivity index (χ0) is 5.56. The predicted octanol–water partition coefficient (Wildman–Crippen LogP) is -0.854. The Bertz CT molecular complexity index is 103. The fraction of sp³-hybridized carbons (Fsp3) is 1.00. The second-order valence-corrected chi connectivity index (χ2v) is 5.64. The summed E-state index contributed by atoms with van der Waals surface area (Å²) in [4.78, 5) is 0. The van der Waals surface area contributed by atoms with E-state index in [0.717, 1.165) is 0 Å². The fourth-order valence-corrected chi connectivity index (χ4v) is 4.26. The molecular weight excluding hydrogens is 185 g/mol. The molecule has 9 heavy (non-hydrogen) atoms. The molecule has 2 saturated carbocycles. The standard InChI is InChI=1S/C7H11.ClH.Zn/c1-2-7-4-3-6(1)5-7;;/h1,6-7H,2-5H2;1H;/q;;+1/p-1. The van der Waals surface area contributed by atoms with Crippen molar-refractivity contribution in [3.8, 4) is 0 Å². The van der Waals surface area contributed by atoms with Gasteiger partial charge in [0.1, 0.15) is 0 Å². The molecule has 2 rings (SSSR count). The third-order valence-electron chi connectivity index (χ3n) is 2.88. The molecule has 0 aromatic carbocycles. The maximum absolute atomic E-state index is 1.60. The number of rotatable bonds is 0. The van der Waals surface area contributed by atoms with Gasteiger partial charge in [0.15, 0.2) is 0 Å². The number of fused-ring (bicyclic) bond motifs is 2. The van der Waals surface area contributed by atoms with E-state index in [1.165, 1.54) is 16.3 Å². The summed E-state index contributed by atoms with van der Waals surface area (Å²) in [7, 11) is 0. The van der Waals surface area contributed by atoms with Crippen LogP contribution in [0.1, 0.15) is 25.7 Å². The molecule has 48 valence electrons. The van der Waals surface area contributed by atoms with Gasteiger partial charge in [-0.05, 0) is 0 Å². The van der Waals surface area contributed by atoms with E-state index < -0.39 is 0 Å². The van der Waals surface area contributed by atoms with Crippen LogP contribution in [-0.4, -0.2) is 0 Å². The molecule has 3 atom stereocenters. The summed E-state index contributed by atoms with van der Waals surface area (Å²) in [6, 6.07) is 0. The van der Waals surface area contributed by atoms with Crippen LogP contribution in [-0.2, 0) is 18.3 Å². The summed E-state index contributed by atoms with van der Waals surface area (Å²) >= 11 is 1.57. The van der Waals surface area contributed by atoms with Gasteiger partial charge >= 0.3 is 60.3 Å². The molecular formula is C7H11ClZn. The van der Waals surface area contributed by atoms with Crippen LogP contribution in [0.15, 0.2) is 0 Å². The molecule has 0 aromatic rings. The molecule has 2 fully saturated rings. The van der Waals surface area contributed by atoms with Crippen LogP contribution in [0, 0.1) is 11.8 Å². The zero-order valence-corrected chi connectivity index (χ0v) is 9.37. The number of hydrogen-bond acceptors (Lipinski definition) is 0. The average molecular weight is 196 g/mol. The van der Waals surface area contributed by atoms with E-state index in [0.29, 0.717) is 0 Å². The second kappa shape index (κ2) is 2.88. The van der Waals surface area contributed by atoms with E-state index in [1.54, 1.807) is 44.0 Å². The molecule has 0 saturated heterocycles. The Morgan fingerprint density at radius 2 is 1.89 bits per heavy atom. The van der Waals surface area contributed by atoms with Gasteiger partial charge in [-0.1, -0.05) is 0 Å². The third kappa shape index (κ3) is 1.33. The summed E-state index contributed by atoms with van der Waals surface area (Å²) in [5.41, 5.74) is 0. The van der Waals surface area contributed by atoms with Crippen molar-refractivity contribution in [2.75, 3.05) is 0 Å². The van der Waals surface area contributed by atoms with Crippen LogP contribution >= 0.6 is 0 Å². The minimum atomic E-state index is 0. The van der Waals surface area contributed by atoms with Crippen molar-refractivity contribution in [2.24, 2.45) is 11.8 Å². The van der Waals surface area contributed by atoms with Gasteiger partial charge in [-0.15, -0.1) is 0 Å². The molecule has 0 spiro atoms. The normalized spacial score (nSPS) is 47.1. The Hall–Kier alpha value is 0.913. The molecule has 2 aliphatic rings. The number of halogens is 1. The van der Waals surface area contributed by atoms with Gasteiger partial charge in [0.25, 0.3) is 0 Å². The van der Waals surface area contributed by atoms with Crippen molar-refractivity contribution in [3.63, 3.8) is 0 Å². The predicted molar refractivity (Wildman–Crippen MR) is 29.2 cm³/mol. The van der Waals surface area contributed by atoms with Gasteiger partial charge in [0.2, 0.25) is 0 Å². The summed E-state index contributed by atoms with van der Waals surface area (Å²) in [5.74, 6) is 2.37. The van der Waals surface area contributed by atoms with Gasteiger partial charge in [-0.25, -0.2) is 0 Å². The first-order valence-electron chi connectivity index (χ1n) is 3.69. The van der Waals surface area contributed by atoms with E-state index in [4.69, 9.17) is 0 Å².